The summed E-state index contributed by atoms with van der Waals surface area (Å²) in [5.41, 5.74) is 0. The van der Waals surface area contributed by atoms with Crippen molar-refractivity contribution >= 4 is 16.1 Å². The van der Waals surface area contributed by atoms with Gasteiger partial charge in [0.2, 0.25) is 0 Å². The molecule has 0 rings (SSSR count). The normalized spacial score (nSPS) is 12.5. The third kappa shape index (κ3) is 18.4. The van der Waals surface area contributed by atoms with Crippen molar-refractivity contribution in [3.05, 3.63) is 0 Å². The summed E-state index contributed by atoms with van der Waals surface area (Å²) in [5.74, 6) is -1.08. The maximum Gasteiger partial charge on any atom is 1.00 e. The maximum atomic E-state index is 11.4. The fourth-order valence-corrected chi connectivity index (χ4v) is 2.83. The van der Waals surface area contributed by atoms with Crippen molar-refractivity contribution in [3.63, 3.8) is 0 Å². The number of ether oxygens (including phenoxy) is 1. The second kappa shape index (κ2) is 14.9. The Morgan fingerprint density at radius 1 is 1.00 bits per heavy atom. The Bertz CT molecular complexity index is 370. The zero-order valence-electron chi connectivity index (χ0n) is 14.3. The average molecular weight is 344 g/mol. The maximum absolute atomic E-state index is 11.4. The molecule has 1 atom stereocenters. The summed E-state index contributed by atoms with van der Waals surface area (Å²) in [7, 11) is -4.34. The largest absolute Gasteiger partial charge is 1.00 e. The Labute approximate surface area is 157 Å². The van der Waals surface area contributed by atoms with Crippen molar-refractivity contribution < 1.29 is 52.1 Å². The van der Waals surface area contributed by atoms with E-state index < -0.39 is 27.9 Å². The van der Waals surface area contributed by atoms with Gasteiger partial charge in [-0.05, 0) is 13.3 Å². The molecule has 5 nitrogen and oxygen atoms in total. The summed E-state index contributed by atoms with van der Waals surface area (Å²) in [4.78, 5) is 11.4. The van der Waals surface area contributed by atoms with Crippen molar-refractivity contribution in [2.45, 2.75) is 84.2 Å². The standard InChI is InChI=1S/C15H30O5S.Na/c1-3-4-5-6-7-8-9-10-11-12-15(16)20-14(2)13-21(17,18)19;/h14H,3-13H2,1-2H3,(H,17,18,19);/q;+1/p-1. The molecule has 0 radical (unpaired) electrons. The number of unbranched alkanes of at least 4 members (excludes halogenated alkanes) is 8. The number of hydrogen-bond donors (Lipinski definition) is 0. The van der Waals surface area contributed by atoms with Crippen LogP contribution in [0.1, 0.15) is 78.1 Å². The van der Waals surface area contributed by atoms with Gasteiger partial charge < -0.3 is 9.29 Å². The zero-order chi connectivity index (χ0) is 16.1. The summed E-state index contributed by atoms with van der Waals surface area (Å²) in [6.07, 6.45) is 9.90. The molecular weight excluding hydrogens is 315 g/mol. The second-order valence-electron chi connectivity index (χ2n) is 5.60. The molecule has 0 spiro atoms. The van der Waals surface area contributed by atoms with E-state index in [9.17, 15) is 17.8 Å². The van der Waals surface area contributed by atoms with Gasteiger partial charge in [-0.3, -0.25) is 4.79 Å². The van der Waals surface area contributed by atoms with E-state index in [0.717, 1.165) is 19.3 Å². The van der Waals surface area contributed by atoms with Crippen molar-refractivity contribution in [2.75, 3.05) is 5.75 Å². The van der Waals surface area contributed by atoms with Crippen LogP contribution >= 0.6 is 0 Å². The van der Waals surface area contributed by atoms with Gasteiger partial charge in [-0.1, -0.05) is 58.3 Å². The van der Waals surface area contributed by atoms with Gasteiger partial charge in [0.15, 0.2) is 0 Å². The predicted octanol–water partition coefficient (Wildman–Crippen LogP) is 0.388. The second-order valence-corrected chi connectivity index (χ2v) is 7.05. The first-order chi connectivity index (χ1) is 9.85. The van der Waals surface area contributed by atoms with Gasteiger partial charge in [0.1, 0.15) is 6.10 Å². The van der Waals surface area contributed by atoms with E-state index in [1.165, 1.54) is 45.4 Å². The minimum Gasteiger partial charge on any atom is -0.748 e. The van der Waals surface area contributed by atoms with Crippen molar-refractivity contribution in [1.82, 2.24) is 0 Å². The van der Waals surface area contributed by atoms with E-state index in [1.807, 2.05) is 0 Å². The molecule has 0 saturated heterocycles. The van der Waals surface area contributed by atoms with Gasteiger partial charge >= 0.3 is 35.5 Å². The smallest absolute Gasteiger partial charge is 0.748 e. The Hall–Kier alpha value is 0.380. The number of hydrogen-bond acceptors (Lipinski definition) is 5. The van der Waals surface area contributed by atoms with Crippen LogP contribution < -0.4 is 29.6 Å². The minimum atomic E-state index is -4.34. The first-order valence-electron chi connectivity index (χ1n) is 7.98. The van der Waals surface area contributed by atoms with E-state index in [1.54, 1.807) is 0 Å². The third-order valence-electron chi connectivity index (χ3n) is 3.26. The monoisotopic (exact) mass is 344 g/mol. The molecule has 126 valence electrons. The van der Waals surface area contributed by atoms with Crippen LogP contribution in [0.5, 0.6) is 0 Å². The Morgan fingerprint density at radius 3 is 1.91 bits per heavy atom. The third-order valence-corrected chi connectivity index (χ3v) is 4.13. The van der Waals surface area contributed by atoms with Crippen LogP contribution in [0.15, 0.2) is 0 Å². The van der Waals surface area contributed by atoms with Crippen LogP contribution in [0.4, 0.5) is 0 Å². The van der Waals surface area contributed by atoms with Crippen LogP contribution in [-0.2, 0) is 19.6 Å². The van der Waals surface area contributed by atoms with Gasteiger partial charge in [-0.15, -0.1) is 0 Å². The molecule has 0 amide bonds. The fourth-order valence-electron chi connectivity index (χ4n) is 2.18. The van der Waals surface area contributed by atoms with Gasteiger partial charge in [0.25, 0.3) is 0 Å². The molecule has 1 unspecified atom stereocenters. The molecule has 0 fully saturated rings. The molecule has 0 aromatic rings. The molecule has 7 heteroatoms. The Morgan fingerprint density at radius 2 is 1.45 bits per heavy atom. The van der Waals surface area contributed by atoms with Gasteiger partial charge in [0.05, 0.1) is 15.9 Å². The molecule has 0 aliphatic rings. The van der Waals surface area contributed by atoms with E-state index in [4.69, 9.17) is 4.74 Å². The van der Waals surface area contributed by atoms with Crippen LogP contribution in [0.3, 0.4) is 0 Å². The van der Waals surface area contributed by atoms with Crippen molar-refractivity contribution in [1.29, 1.82) is 0 Å². The van der Waals surface area contributed by atoms with Crippen LogP contribution in [0, 0.1) is 0 Å². The fraction of sp³-hybridized carbons (Fsp3) is 0.933. The van der Waals surface area contributed by atoms with Crippen LogP contribution in [-0.4, -0.2) is 30.8 Å². The molecular formula is C15H29NaO5S. The van der Waals surface area contributed by atoms with Gasteiger partial charge in [-0.2, -0.15) is 0 Å². The molecule has 0 saturated carbocycles. The summed E-state index contributed by atoms with van der Waals surface area (Å²) in [6.45, 7) is 3.62. The van der Waals surface area contributed by atoms with E-state index in [-0.39, 0.29) is 29.6 Å². The number of rotatable bonds is 13. The number of esters is 1. The van der Waals surface area contributed by atoms with E-state index in [2.05, 4.69) is 6.92 Å². The van der Waals surface area contributed by atoms with Gasteiger partial charge in [-0.25, -0.2) is 8.42 Å². The quantitative estimate of drug-likeness (QED) is 0.209. The molecule has 0 bridgehead atoms. The van der Waals surface area contributed by atoms with Crippen molar-refractivity contribution in [3.8, 4) is 0 Å². The first-order valence-corrected chi connectivity index (χ1v) is 9.56. The molecule has 0 aromatic heterocycles. The number of carbonyl (C=O) groups excluding carboxylic acids is 1. The Balaban J connectivity index is 0. The van der Waals surface area contributed by atoms with E-state index in [0.29, 0.717) is 6.42 Å². The zero-order valence-corrected chi connectivity index (χ0v) is 17.1. The summed E-state index contributed by atoms with van der Waals surface area (Å²) in [6, 6.07) is 0. The summed E-state index contributed by atoms with van der Waals surface area (Å²) < 4.78 is 36.4. The Kier molecular flexibility index (Phi) is 16.7. The molecule has 0 aliphatic carbocycles. The van der Waals surface area contributed by atoms with Crippen molar-refractivity contribution in [2.24, 2.45) is 0 Å². The number of carbonyl (C=O) groups is 1. The van der Waals surface area contributed by atoms with Crippen LogP contribution in [0.25, 0.3) is 0 Å². The molecule has 0 heterocycles. The molecule has 22 heavy (non-hydrogen) atoms. The van der Waals surface area contributed by atoms with Crippen LogP contribution in [0.2, 0.25) is 0 Å². The predicted molar refractivity (Wildman–Crippen MR) is 82.0 cm³/mol. The topological polar surface area (TPSA) is 83.5 Å². The summed E-state index contributed by atoms with van der Waals surface area (Å²) in [5, 5.41) is 0. The molecule has 0 aromatic carbocycles. The summed E-state index contributed by atoms with van der Waals surface area (Å²) >= 11 is 0. The average Bonchev–Trinajstić information content (AvgIpc) is 2.34. The molecule has 0 aliphatic heterocycles. The first kappa shape index (κ1) is 24.6. The molecule has 0 N–H and O–H groups in total. The SMILES string of the molecule is CCCCCCCCCCCC(=O)OC(C)CS(=O)(=O)[O-].[Na+]. The van der Waals surface area contributed by atoms with Gasteiger partial charge in [0, 0.05) is 6.42 Å². The van der Waals surface area contributed by atoms with E-state index >= 15 is 0 Å². The minimum absolute atomic E-state index is 0.